The number of rotatable bonds is 9. The molecule has 0 aliphatic heterocycles. The molecule has 4 rings (SSSR count). The molecule has 180 valence electrons. The van der Waals surface area contributed by atoms with Gasteiger partial charge in [-0.15, -0.1) is 0 Å². The van der Waals surface area contributed by atoms with Crippen LogP contribution in [0.15, 0.2) is 66.7 Å². The largest absolute Gasteiger partial charge is 0.480 e. The van der Waals surface area contributed by atoms with Crippen LogP contribution in [0.4, 0.5) is 14.9 Å². The Hall–Kier alpha value is -4.24. The number of fused-ring (bicyclic) bond motifs is 3. The molecule has 0 aromatic heterocycles. The van der Waals surface area contributed by atoms with E-state index in [2.05, 4.69) is 10.6 Å². The van der Waals surface area contributed by atoms with Crippen LogP contribution in [0.25, 0.3) is 11.1 Å². The molecule has 3 N–H and O–H groups in total. The lowest BCUT2D eigenvalue weighted by Gasteiger charge is -2.15. The highest BCUT2D eigenvalue weighted by atomic mass is 19.1. The van der Waals surface area contributed by atoms with Crippen molar-refractivity contribution >= 4 is 23.7 Å². The molecule has 0 spiro atoms. The van der Waals surface area contributed by atoms with Crippen LogP contribution >= 0.6 is 0 Å². The van der Waals surface area contributed by atoms with Gasteiger partial charge in [0.05, 0.1) is 12.2 Å². The van der Waals surface area contributed by atoms with E-state index in [9.17, 15) is 18.8 Å². The molecular weight excluding hydrogens is 455 g/mol. The Bertz CT molecular complexity index is 1220. The molecule has 8 nitrogen and oxygen atoms in total. The molecule has 0 atom stereocenters. The lowest BCUT2D eigenvalue weighted by Crippen LogP contribution is -2.28. The van der Waals surface area contributed by atoms with Gasteiger partial charge in [0.25, 0.3) is 5.91 Å². The number of carboxylic acid groups (broad SMARTS) is 1. The summed E-state index contributed by atoms with van der Waals surface area (Å²) >= 11 is 0. The number of amides is 2. The Labute approximate surface area is 200 Å². The fourth-order valence-corrected chi connectivity index (χ4v) is 4.02. The van der Waals surface area contributed by atoms with Crippen LogP contribution in [0, 0.1) is 5.82 Å². The highest BCUT2D eigenvalue weighted by Gasteiger charge is 2.29. The minimum atomic E-state index is -1.13. The predicted molar refractivity (Wildman–Crippen MR) is 126 cm³/mol. The summed E-state index contributed by atoms with van der Waals surface area (Å²) in [6.07, 6.45) is -0.730. The molecule has 9 heteroatoms. The number of anilines is 1. The third-order valence-corrected chi connectivity index (χ3v) is 5.56. The minimum Gasteiger partial charge on any atom is -0.480 e. The summed E-state index contributed by atoms with van der Waals surface area (Å²) < 4.78 is 24.5. The van der Waals surface area contributed by atoms with Crippen molar-refractivity contribution in [2.24, 2.45) is 0 Å². The fourth-order valence-electron chi connectivity index (χ4n) is 4.02. The number of ether oxygens (including phenoxy) is 2. The fraction of sp³-hybridized carbons (Fsp3) is 0.192. The molecule has 0 radical (unpaired) electrons. The number of carbonyl (C=O) groups is 3. The van der Waals surface area contributed by atoms with Gasteiger partial charge in [-0.3, -0.25) is 10.1 Å². The summed E-state index contributed by atoms with van der Waals surface area (Å²) in [4.78, 5) is 35.1. The van der Waals surface area contributed by atoms with Gasteiger partial charge in [-0.25, -0.2) is 14.0 Å². The molecule has 3 aromatic rings. The second-order valence-corrected chi connectivity index (χ2v) is 7.85. The molecule has 0 saturated heterocycles. The standard InChI is InChI=1S/C26H23FN2O6/c27-23-10-9-16(13-21(23)25(32)28-11-12-34-15-24(30)31)29-26(33)35-14-22-19-7-3-1-5-17(19)18-6-2-4-8-20(18)22/h1-10,13,22H,11-12,14-15H2,(H,28,32)(H,29,33)(H,30,31). The van der Waals surface area contributed by atoms with Gasteiger partial charge in [-0.2, -0.15) is 0 Å². The first kappa shape index (κ1) is 23.9. The van der Waals surface area contributed by atoms with Crippen LogP contribution in [0.1, 0.15) is 27.4 Å². The van der Waals surface area contributed by atoms with Crippen LogP contribution in [-0.2, 0) is 14.3 Å². The number of carbonyl (C=O) groups excluding carboxylic acids is 2. The number of benzene rings is 3. The summed E-state index contributed by atoms with van der Waals surface area (Å²) in [5, 5.41) is 13.5. The van der Waals surface area contributed by atoms with Crippen molar-refractivity contribution in [2.75, 3.05) is 31.7 Å². The molecular formula is C26H23FN2O6. The Morgan fingerprint density at radius 2 is 1.60 bits per heavy atom. The number of halogens is 1. The Morgan fingerprint density at radius 3 is 2.26 bits per heavy atom. The van der Waals surface area contributed by atoms with E-state index >= 15 is 0 Å². The van der Waals surface area contributed by atoms with Gasteiger partial charge < -0.3 is 19.9 Å². The SMILES string of the molecule is O=C(O)COCCNC(=O)c1cc(NC(=O)OCC2c3ccccc3-c3ccccc32)ccc1F. The predicted octanol–water partition coefficient (Wildman–Crippen LogP) is 4.02. The summed E-state index contributed by atoms with van der Waals surface area (Å²) in [7, 11) is 0. The molecule has 1 aliphatic rings. The van der Waals surface area contributed by atoms with Gasteiger partial charge in [0.2, 0.25) is 0 Å². The van der Waals surface area contributed by atoms with E-state index in [0.29, 0.717) is 0 Å². The molecule has 0 unspecified atom stereocenters. The van der Waals surface area contributed by atoms with Gasteiger partial charge in [-0.1, -0.05) is 48.5 Å². The lowest BCUT2D eigenvalue weighted by atomic mass is 9.98. The number of hydrogen-bond acceptors (Lipinski definition) is 5. The quantitative estimate of drug-likeness (QED) is 0.401. The van der Waals surface area contributed by atoms with E-state index < -0.39 is 30.4 Å². The van der Waals surface area contributed by atoms with E-state index in [1.807, 2.05) is 48.5 Å². The van der Waals surface area contributed by atoms with Crippen molar-refractivity contribution < 1.29 is 33.4 Å². The summed E-state index contributed by atoms with van der Waals surface area (Å²) in [5.41, 5.74) is 4.29. The molecule has 0 heterocycles. The molecule has 0 bridgehead atoms. The monoisotopic (exact) mass is 478 g/mol. The zero-order chi connectivity index (χ0) is 24.8. The Balaban J connectivity index is 1.35. The maximum atomic E-state index is 14.2. The van der Waals surface area contributed by atoms with Crippen molar-refractivity contribution in [1.82, 2.24) is 5.32 Å². The summed E-state index contributed by atoms with van der Waals surface area (Å²) in [5.74, 6) is -2.73. The van der Waals surface area contributed by atoms with Crippen LogP contribution in [0.3, 0.4) is 0 Å². The first-order chi connectivity index (χ1) is 16.9. The van der Waals surface area contributed by atoms with Crippen molar-refractivity contribution in [1.29, 1.82) is 0 Å². The van der Waals surface area contributed by atoms with E-state index in [-0.39, 0.29) is 36.9 Å². The van der Waals surface area contributed by atoms with E-state index in [4.69, 9.17) is 14.6 Å². The van der Waals surface area contributed by atoms with E-state index in [0.717, 1.165) is 28.3 Å². The Kier molecular flexibility index (Phi) is 7.37. The summed E-state index contributed by atoms with van der Waals surface area (Å²) in [6, 6.07) is 19.5. The van der Waals surface area contributed by atoms with Gasteiger partial charge in [-0.05, 0) is 40.5 Å². The topological polar surface area (TPSA) is 114 Å². The second-order valence-electron chi connectivity index (χ2n) is 7.85. The number of carboxylic acids is 1. The maximum absolute atomic E-state index is 14.2. The molecule has 1 aliphatic carbocycles. The third kappa shape index (κ3) is 5.64. The second kappa shape index (κ2) is 10.8. The average Bonchev–Trinajstić information content (AvgIpc) is 3.17. The van der Waals surface area contributed by atoms with Gasteiger partial charge in [0.15, 0.2) is 0 Å². The van der Waals surface area contributed by atoms with Gasteiger partial charge >= 0.3 is 12.1 Å². The van der Waals surface area contributed by atoms with E-state index in [1.54, 1.807) is 0 Å². The molecule has 0 fully saturated rings. The number of hydrogen-bond donors (Lipinski definition) is 3. The summed E-state index contributed by atoms with van der Waals surface area (Å²) in [6.45, 7) is -0.429. The molecule has 35 heavy (non-hydrogen) atoms. The Morgan fingerprint density at radius 1 is 0.943 bits per heavy atom. The van der Waals surface area contributed by atoms with Crippen molar-refractivity contribution in [3.63, 3.8) is 0 Å². The normalized spacial score (nSPS) is 11.9. The van der Waals surface area contributed by atoms with Crippen LogP contribution in [-0.4, -0.2) is 49.4 Å². The molecule has 2 amide bonds. The van der Waals surface area contributed by atoms with Gasteiger partial charge in [0, 0.05) is 18.2 Å². The number of aliphatic carboxylic acids is 1. The zero-order valence-corrected chi connectivity index (χ0v) is 18.6. The first-order valence-corrected chi connectivity index (χ1v) is 10.9. The van der Waals surface area contributed by atoms with Crippen LogP contribution in [0.2, 0.25) is 0 Å². The molecule has 0 saturated carbocycles. The minimum absolute atomic E-state index is 0.00438. The highest BCUT2D eigenvalue weighted by molar-refractivity contribution is 5.96. The smallest absolute Gasteiger partial charge is 0.411 e. The van der Waals surface area contributed by atoms with Crippen molar-refractivity contribution in [3.05, 3.63) is 89.2 Å². The molecule has 3 aromatic carbocycles. The highest BCUT2D eigenvalue weighted by Crippen LogP contribution is 2.44. The van der Waals surface area contributed by atoms with Crippen LogP contribution < -0.4 is 10.6 Å². The number of nitrogens with one attached hydrogen (secondary N) is 2. The third-order valence-electron chi connectivity index (χ3n) is 5.56. The zero-order valence-electron chi connectivity index (χ0n) is 18.6. The van der Waals surface area contributed by atoms with Crippen molar-refractivity contribution in [3.8, 4) is 11.1 Å². The van der Waals surface area contributed by atoms with Gasteiger partial charge in [0.1, 0.15) is 19.0 Å². The van der Waals surface area contributed by atoms with Crippen LogP contribution in [0.5, 0.6) is 0 Å². The lowest BCUT2D eigenvalue weighted by molar-refractivity contribution is -0.142. The first-order valence-electron chi connectivity index (χ1n) is 10.9. The van der Waals surface area contributed by atoms with Crippen molar-refractivity contribution in [2.45, 2.75) is 5.92 Å². The van der Waals surface area contributed by atoms with E-state index in [1.165, 1.54) is 12.1 Å². The maximum Gasteiger partial charge on any atom is 0.411 e. The average molecular weight is 478 g/mol.